The van der Waals surface area contributed by atoms with E-state index in [1.165, 1.54) is 0 Å². The summed E-state index contributed by atoms with van der Waals surface area (Å²) in [6.45, 7) is 6.93. The lowest BCUT2D eigenvalue weighted by atomic mass is 10.1. The van der Waals surface area contributed by atoms with Crippen molar-refractivity contribution in [3.63, 3.8) is 0 Å². The molecular formula is C23H30N2O2S. The first-order chi connectivity index (χ1) is 13.5. The molecule has 28 heavy (non-hydrogen) atoms. The highest BCUT2D eigenvalue weighted by Crippen LogP contribution is 2.20. The molecule has 1 atom stereocenters. The van der Waals surface area contributed by atoms with Crippen LogP contribution in [0.5, 0.6) is 0 Å². The van der Waals surface area contributed by atoms with Gasteiger partial charge < -0.3 is 10.2 Å². The van der Waals surface area contributed by atoms with E-state index in [9.17, 15) is 9.59 Å². The molecule has 0 heterocycles. The van der Waals surface area contributed by atoms with Crippen LogP contribution in [0.15, 0.2) is 59.5 Å². The van der Waals surface area contributed by atoms with Crippen molar-refractivity contribution >= 4 is 23.6 Å². The summed E-state index contributed by atoms with van der Waals surface area (Å²) in [5.74, 6) is 0.599. The van der Waals surface area contributed by atoms with Crippen molar-refractivity contribution in [2.75, 3.05) is 12.3 Å². The highest BCUT2D eigenvalue weighted by Gasteiger charge is 2.26. The number of thioether (sulfide) groups is 1. The average molecular weight is 399 g/mol. The fourth-order valence-electron chi connectivity index (χ4n) is 2.87. The number of hydrogen-bond donors (Lipinski definition) is 1. The molecule has 0 aliphatic rings. The molecule has 5 heteroatoms. The Bertz CT molecular complexity index is 764. The van der Waals surface area contributed by atoms with Gasteiger partial charge in [-0.3, -0.25) is 9.59 Å². The van der Waals surface area contributed by atoms with E-state index in [0.717, 1.165) is 22.4 Å². The fourth-order valence-corrected chi connectivity index (χ4v) is 3.73. The van der Waals surface area contributed by atoms with Gasteiger partial charge in [-0.05, 0) is 43.5 Å². The molecule has 0 aliphatic heterocycles. The zero-order chi connectivity index (χ0) is 20.4. The Kier molecular flexibility index (Phi) is 9.08. The van der Waals surface area contributed by atoms with Gasteiger partial charge in [0, 0.05) is 30.2 Å². The minimum absolute atomic E-state index is 0.00540. The molecule has 2 amide bonds. The van der Waals surface area contributed by atoms with Crippen molar-refractivity contribution in [2.45, 2.75) is 51.1 Å². The number of rotatable bonds is 10. The van der Waals surface area contributed by atoms with E-state index in [0.29, 0.717) is 25.3 Å². The monoisotopic (exact) mass is 398 g/mol. The van der Waals surface area contributed by atoms with Crippen LogP contribution in [0.3, 0.4) is 0 Å². The van der Waals surface area contributed by atoms with E-state index in [4.69, 9.17) is 0 Å². The number of hydrogen-bond acceptors (Lipinski definition) is 3. The number of amides is 2. The normalized spacial score (nSPS) is 11.7. The summed E-state index contributed by atoms with van der Waals surface area (Å²) in [4.78, 5) is 28.4. The number of nitrogens with one attached hydrogen (secondary N) is 1. The van der Waals surface area contributed by atoms with Gasteiger partial charge in [0.2, 0.25) is 11.8 Å². The standard InChI is InChI=1S/C23H30N2O2S/c1-4-15-24-23(27)19(3)25(17-20-11-9-8-10-18(20)2)22(26)14-16-28-21-12-6-5-7-13-21/h5-13,19H,4,14-17H2,1-3H3,(H,24,27). The van der Waals surface area contributed by atoms with Crippen molar-refractivity contribution < 1.29 is 9.59 Å². The van der Waals surface area contributed by atoms with E-state index in [1.54, 1.807) is 16.7 Å². The van der Waals surface area contributed by atoms with Crippen LogP contribution in [0, 0.1) is 6.92 Å². The summed E-state index contributed by atoms with van der Waals surface area (Å²) in [7, 11) is 0. The third kappa shape index (κ3) is 6.71. The molecule has 0 fully saturated rings. The van der Waals surface area contributed by atoms with Crippen LogP contribution in [0.25, 0.3) is 0 Å². The Morgan fingerprint density at radius 3 is 2.43 bits per heavy atom. The lowest BCUT2D eigenvalue weighted by molar-refractivity contribution is -0.140. The Labute approximate surface area is 172 Å². The maximum Gasteiger partial charge on any atom is 0.242 e. The van der Waals surface area contributed by atoms with E-state index in [-0.39, 0.29) is 11.8 Å². The number of nitrogens with zero attached hydrogens (tertiary/aromatic N) is 1. The smallest absolute Gasteiger partial charge is 0.242 e. The minimum atomic E-state index is -0.500. The average Bonchev–Trinajstić information content (AvgIpc) is 2.71. The summed E-state index contributed by atoms with van der Waals surface area (Å²) in [6, 6.07) is 17.6. The fraction of sp³-hybridized carbons (Fsp3) is 0.391. The summed E-state index contributed by atoms with van der Waals surface area (Å²) in [5.41, 5.74) is 2.20. The molecule has 1 N–H and O–H groups in total. The molecule has 0 saturated heterocycles. The van der Waals surface area contributed by atoms with E-state index in [2.05, 4.69) is 5.32 Å². The molecule has 2 rings (SSSR count). The highest BCUT2D eigenvalue weighted by molar-refractivity contribution is 7.99. The second-order valence-electron chi connectivity index (χ2n) is 6.83. The quantitative estimate of drug-likeness (QED) is 0.603. The van der Waals surface area contributed by atoms with Gasteiger partial charge in [-0.25, -0.2) is 0 Å². The second-order valence-corrected chi connectivity index (χ2v) is 7.99. The van der Waals surface area contributed by atoms with Crippen molar-refractivity contribution in [3.8, 4) is 0 Å². The van der Waals surface area contributed by atoms with Crippen LogP contribution >= 0.6 is 11.8 Å². The molecule has 0 aromatic heterocycles. The maximum absolute atomic E-state index is 13.0. The van der Waals surface area contributed by atoms with Crippen molar-refractivity contribution in [1.29, 1.82) is 0 Å². The van der Waals surface area contributed by atoms with E-state index >= 15 is 0 Å². The SMILES string of the molecule is CCCNC(=O)C(C)N(Cc1ccccc1C)C(=O)CCSc1ccccc1. The van der Waals surface area contributed by atoms with Crippen LogP contribution in [0.2, 0.25) is 0 Å². The zero-order valence-electron chi connectivity index (χ0n) is 17.0. The third-order valence-electron chi connectivity index (χ3n) is 4.65. The number of carbonyl (C=O) groups excluding carboxylic acids is 2. The molecule has 1 unspecified atom stereocenters. The third-order valence-corrected chi connectivity index (χ3v) is 5.66. The number of benzene rings is 2. The molecule has 0 saturated carbocycles. The van der Waals surface area contributed by atoms with Crippen molar-refractivity contribution in [1.82, 2.24) is 10.2 Å². The zero-order valence-corrected chi connectivity index (χ0v) is 17.8. The predicted octanol–water partition coefficient (Wildman–Crippen LogP) is 4.42. The molecule has 0 spiro atoms. The van der Waals surface area contributed by atoms with Gasteiger partial charge in [-0.15, -0.1) is 11.8 Å². The Morgan fingerprint density at radius 1 is 1.07 bits per heavy atom. The van der Waals surface area contributed by atoms with Crippen LogP contribution in [0.1, 0.15) is 37.8 Å². The summed E-state index contributed by atoms with van der Waals surface area (Å²) in [5, 5.41) is 2.91. The molecule has 4 nitrogen and oxygen atoms in total. The van der Waals surface area contributed by atoms with Gasteiger partial charge in [0.1, 0.15) is 6.04 Å². The molecule has 0 bridgehead atoms. The molecule has 150 valence electrons. The second kappa shape index (κ2) is 11.5. The van der Waals surface area contributed by atoms with Gasteiger partial charge >= 0.3 is 0 Å². The van der Waals surface area contributed by atoms with Crippen LogP contribution in [-0.4, -0.2) is 35.1 Å². The molecule has 0 radical (unpaired) electrons. The lowest BCUT2D eigenvalue weighted by Crippen LogP contribution is -2.47. The molecule has 0 aliphatic carbocycles. The minimum Gasteiger partial charge on any atom is -0.354 e. The Hall–Kier alpha value is -2.27. The summed E-state index contributed by atoms with van der Waals surface area (Å²) < 4.78 is 0. The largest absolute Gasteiger partial charge is 0.354 e. The topological polar surface area (TPSA) is 49.4 Å². The molecular weight excluding hydrogens is 368 g/mol. The lowest BCUT2D eigenvalue weighted by Gasteiger charge is -2.29. The van der Waals surface area contributed by atoms with Crippen LogP contribution in [0.4, 0.5) is 0 Å². The van der Waals surface area contributed by atoms with Gasteiger partial charge in [-0.1, -0.05) is 49.4 Å². The van der Waals surface area contributed by atoms with Crippen LogP contribution in [-0.2, 0) is 16.1 Å². The van der Waals surface area contributed by atoms with Crippen molar-refractivity contribution in [3.05, 3.63) is 65.7 Å². The predicted molar refractivity (Wildman–Crippen MR) is 116 cm³/mol. The van der Waals surface area contributed by atoms with E-state index < -0.39 is 6.04 Å². The van der Waals surface area contributed by atoms with Gasteiger partial charge in [-0.2, -0.15) is 0 Å². The first-order valence-corrected chi connectivity index (χ1v) is 10.8. The maximum atomic E-state index is 13.0. The summed E-state index contributed by atoms with van der Waals surface area (Å²) >= 11 is 1.66. The Morgan fingerprint density at radius 2 is 1.75 bits per heavy atom. The molecule has 2 aromatic rings. The van der Waals surface area contributed by atoms with Gasteiger partial charge in [0.05, 0.1) is 0 Å². The van der Waals surface area contributed by atoms with Gasteiger partial charge in [0.15, 0.2) is 0 Å². The molecule has 2 aromatic carbocycles. The number of carbonyl (C=O) groups is 2. The Balaban J connectivity index is 2.06. The first kappa shape index (κ1) is 22.0. The highest BCUT2D eigenvalue weighted by atomic mass is 32.2. The van der Waals surface area contributed by atoms with Gasteiger partial charge in [0.25, 0.3) is 0 Å². The first-order valence-electron chi connectivity index (χ1n) is 9.82. The van der Waals surface area contributed by atoms with Crippen LogP contribution < -0.4 is 5.32 Å². The van der Waals surface area contributed by atoms with E-state index in [1.807, 2.05) is 75.4 Å². The number of aryl methyl sites for hydroxylation is 1. The van der Waals surface area contributed by atoms with Crippen molar-refractivity contribution in [2.24, 2.45) is 0 Å². The summed E-state index contributed by atoms with van der Waals surface area (Å²) in [6.07, 6.45) is 1.27.